The summed E-state index contributed by atoms with van der Waals surface area (Å²) < 4.78 is 4.47. The zero-order chi connectivity index (χ0) is 10.0. The fourth-order valence-electron chi connectivity index (χ4n) is 1.28. The Morgan fingerprint density at radius 3 is 2.77 bits per heavy atom. The summed E-state index contributed by atoms with van der Waals surface area (Å²) in [5.41, 5.74) is 5.77. The van der Waals surface area contributed by atoms with Gasteiger partial charge < -0.3 is 20.7 Å². The fourth-order valence-corrected chi connectivity index (χ4v) is 1.28. The van der Waals surface area contributed by atoms with Crippen LogP contribution in [0.15, 0.2) is 11.6 Å². The number of methoxy groups -OCH3 is 1. The molecule has 5 nitrogen and oxygen atoms in total. The summed E-state index contributed by atoms with van der Waals surface area (Å²) in [5.74, 6) is -0.513. The van der Waals surface area contributed by atoms with E-state index in [1.807, 2.05) is 0 Å². The Bertz CT molecular complexity index is 238. The molecule has 0 saturated carbocycles. The Morgan fingerprint density at radius 1 is 1.69 bits per heavy atom. The molecular formula is C8H13NO4. The van der Waals surface area contributed by atoms with Gasteiger partial charge in [-0.2, -0.15) is 0 Å². The van der Waals surface area contributed by atoms with E-state index >= 15 is 0 Å². The van der Waals surface area contributed by atoms with E-state index in [1.54, 1.807) is 0 Å². The lowest BCUT2D eigenvalue weighted by molar-refractivity contribution is -0.137. The van der Waals surface area contributed by atoms with E-state index in [0.29, 0.717) is 5.57 Å². The highest BCUT2D eigenvalue weighted by molar-refractivity contribution is 5.88. The van der Waals surface area contributed by atoms with Gasteiger partial charge in [-0.05, 0) is 0 Å². The largest absolute Gasteiger partial charge is 0.466 e. The molecular weight excluding hydrogens is 174 g/mol. The number of hydrogen-bond donors (Lipinski definition) is 3. The Balaban J connectivity index is 2.78. The third-order valence-corrected chi connectivity index (χ3v) is 2.06. The number of rotatable bonds is 1. The molecule has 13 heavy (non-hydrogen) atoms. The maximum absolute atomic E-state index is 11.0. The highest BCUT2D eigenvalue weighted by Gasteiger charge is 2.30. The van der Waals surface area contributed by atoms with E-state index in [4.69, 9.17) is 5.73 Å². The second kappa shape index (κ2) is 3.87. The lowest BCUT2D eigenvalue weighted by Gasteiger charge is -2.27. The Morgan fingerprint density at radius 2 is 2.31 bits per heavy atom. The number of esters is 1. The average molecular weight is 187 g/mol. The van der Waals surface area contributed by atoms with Gasteiger partial charge in [-0.25, -0.2) is 4.79 Å². The third kappa shape index (κ3) is 2.06. The van der Waals surface area contributed by atoms with Crippen LogP contribution in [0.5, 0.6) is 0 Å². The summed E-state index contributed by atoms with van der Waals surface area (Å²) in [5, 5.41) is 18.5. The monoisotopic (exact) mass is 187 g/mol. The standard InChI is InChI=1S/C8H13NO4/c1-13-8(12)4-2-5(9)7(11)6(10)3-4/h2,5-7,10-11H,3,9H2,1H3. The molecule has 0 heterocycles. The molecule has 3 unspecified atom stereocenters. The number of aliphatic hydroxyl groups is 2. The zero-order valence-corrected chi connectivity index (χ0v) is 7.30. The van der Waals surface area contributed by atoms with E-state index < -0.39 is 24.2 Å². The van der Waals surface area contributed by atoms with Gasteiger partial charge in [0.05, 0.1) is 25.4 Å². The molecule has 3 atom stereocenters. The smallest absolute Gasteiger partial charge is 0.333 e. The molecule has 0 bridgehead atoms. The second-order valence-electron chi connectivity index (χ2n) is 3.02. The fraction of sp³-hybridized carbons (Fsp3) is 0.625. The minimum absolute atomic E-state index is 0.0849. The highest BCUT2D eigenvalue weighted by Crippen LogP contribution is 2.19. The van der Waals surface area contributed by atoms with Gasteiger partial charge in [-0.3, -0.25) is 0 Å². The van der Waals surface area contributed by atoms with Gasteiger partial charge >= 0.3 is 5.97 Å². The molecule has 0 aliphatic heterocycles. The van der Waals surface area contributed by atoms with Crippen LogP contribution in [0.25, 0.3) is 0 Å². The van der Waals surface area contributed by atoms with Gasteiger partial charge in [0.2, 0.25) is 0 Å². The van der Waals surface area contributed by atoms with Crippen molar-refractivity contribution >= 4 is 5.97 Å². The number of aliphatic hydroxyl groups excluding tert-OH is 2. The lowest BCUT2D eigenvalue weighted by atomic mass is 9.91. The second-order valence-corrected chi connectivity index (χ2v) is 3.02. The van der Waals surface area contributed by atoms with Crippen LogP contribution in [-0.4, -0.2) is 41.5 Å². The van der Waals surface area contributed by atoms with Gasteiger partial charge in [-0.15, -0.1) is 0 Å². The van der Waals surface area contributed by atoms with Crippen LogP contribution in [0.3, 0.4) is 0 Å². The van der Waals surface area contributed by atoms with Crippen molar-refractivity contribution < 1.29 is 19.7 Å². The minimum Gasteiger partial charge on any atom is -0.466 e. The van der Waals surface area contributed by atoms with Crippen LogP contribution in [0.1, 0.15) is 6.42 Å². The minimum atomic E-state index is -1.01. The SMILES string of the molecule is COC(=O)C1=CC(N)C(O)C(O)C1. The first-order chi connectivity index (χ1) is 6.06. The Kier molecular flexibility index (Phi) is 3.02. The topological polar surface area (TPSA) is 92.8 Å². The molecule has 0 fully saturated rings. The van der Waals surface area contributed by atoms with Crippen LogP contribution in [0.4, 0.5) is 0 Å². The molecule has 0 radical (unpaired) electrons. The van der Waals surface area contributed by atoms with Gasteiger partial charge in [0.15, 0.2) is 0 Å². The van der Waals surface area contributed by atoms with Crippen LogP contribution in [0, 0.1) is 0 Å². The molecule has 0 spiro atoms. The van der Waals surface area contributed by atoms with Crippen molar-refractivity contribution in [3.05, 3.63) is 11.6 Å². The van der Waals surface area contributed by atoms with E-state index in [2.05, 4.69) is 4.74 Å². The number of ether oxygens (including phenoxy) is 1. The molecule has 0 aromatic rings. The molecule has 1 rings (SSSR count). The zero-order valence-electron chi connectivity index (χ0n) is 7.30. The van der Waals surface area contributed by atoms with E-state index in [9.17, 15) is 15.0 Å². The van der Waals surface area contributed by atoms with Gasteiger partial charge in [-0.1, -0.05) is 6.08 Å². The van der Waals surface area contributed by atoms with Crippen LogP contribution >= 0.6 is 0 Å². The number of carbonyl (C=O) groups is 1. The van der Waals surface area contributed by atoms with Gasteiger partial charge in [0, 0.05) is 12.0 Å². The quantitative estimate of drug-likeness (QED) is 0.436. The normalized spacial score (nSPS) is 33.8. The van der Waals surface area contributed by atoms with Crippen molar-refractivity contribution in [1.29, 1.82) is 0 Å². The average Bonchev–Trinajstić information content (AvgIpc) is 2.12. The maximum atomic E-state index is 11.0. The Labute approximate surface area is 75.8 Å². The molecule has 0 aromatic carbocycles. The number of hydrogen-bond acceptors (Lipinski definition) is 5. The first-order valence-corrected chi connectivity index (χ1v) is 3.97. The third-order valence-electron chi connectivity index (χ3n) is 2.06. The first-order valence-electron chi connectivity index (χ1n) is 3.97. The van der Waals surface area contributed by atoms with Crippen molar-refractivity contribution in [1.82, 2.24) is 0 Å². The highest BCUT2D eigenvalue weighted by atomic mass is 16.5. The van der Waals surface area contributed by atoms with Gasteiger partial charge in [0.1, 0.15) is 0 Å². The molecule has 0 saturated heterocycles. The van der Waals surface area contributed by atoms with E-state index in [0.717, 1.165) is 0 Å². The number of nitrogens with two attached hydrogens (primary N) is 1. The van der Waals surface area contributed by atoms with Gasteiger partial charge in [0.25, 0.3) is 0 Å². The molecule has 1 aliphatic rings. The van der Waals surface area contributed by atoms with Crippen molar-refractivity contribution in [2.75, 3.05) is 7.11 Å². The summed E-state index contributed by atoms with van der Waals surface area (Å²) in [4.78, 5) is 11.0. The van der Waals surface area contributed by atoms with Crippen molar-refractivity contribution in [3.63, 3.8) is 0 Å². The summed E-state index contributed by atoms with van der Waals surface area (Å²) >= 11 is 0. The molecule has 1 aliphatic carbocycles. The maximum Gasteiger partial charge on any atom is 0.333 e. The van der Waals surface area contributed by atoms with E-state index in [1.165, 1.54) is 13.2 Å². The molecule has 0 amide bonds. The van der Waals surface area contributed by atoms with Crippen LogP contribution in [0.2, 0.25) is 0 Å². The molecule has 4 N–H and O–H groups in total. The number of carbonyl (C=O) groups excluding carboxylic acids is 1. The lowest BCUT2D eigenvalue weighted by Crippen LogP contribution is -2.45. The van der Waals surface area contributed by atoms with Crippen molar-refractivity contribution in [3.8, 4) is 0 Å². The van der Waals surface area contributed by atoms with E-state index in [-0.39, 0.29) is 6.42 Å². The summed E-state index contributed by atoms with van der Waals surface area (Å²) in [6, 6.07) is -0.710. The molecule has 74 valence electrons. The summed E-state index contributed by atoms with van der Waals surface area (Å²) in [6.07, 6.45) is -0.493. The van der Waals surface area contributed by atoms with Crippen molar-refractivity contribution in [2.24, 2.45) is 5.73 Å². The molecule has 5 heteroatoms. The summed E-state index contributed by atoms with van der Waals surface area (Å²) in [7, 11) is 1.26. The van der Waals surface area contributed by atoms with Crippen molar-refractivity contribution in [2.45, 2.75) is 24.7 Å². The van der Waals surface area contributed by atoms with Crippen LogP contribution < -0.4 is 5.73 Å². The predicted molar refractivity (Wildman–Crippen MR) is 44.7 cm³/mol. The Hall–Kier alpha value is -0.910. The molecule has 0 aromatic heterocycles. The van der Waals surface area contributed by atoms with Crippen LogP contribution in [-0.2, 0) is 9.53 Å². The predicted octanol–water partition coefficient (Wildman–Crippen LogP) is -1.46. The first kappa shape index (κ1) is 10.2. The summed E-state index contributed by atoms with van der Waals surface area (Å²) in [6.45, 7) is 0.